The van der Waals surface area contributed by atoms with Gasteiger partial charge in [-0.05, 0) is 45.8 Å². The van der Waals surface area contributed by atoms with E-state index in [1.807, 2.05) is 0 Å². The second-order valence-electron chi connectivity index (χ2n) is 11.5. The largest absolute Gasteiger partial charge is 0.309 e. The highest BCUT2D eigenvalue weighted by Gasteiger charge is 2.22. The van der Waals surface area contributed by atoms with E-state index in [2.05, 4.69) is 155 Å². The summed E-state index contributed by atoms with van der Waals surface area (Å²) >= 11 is 0. The lowest BCUT2D eigenvalue weighted by molar-refractivity contribution is 1.23. The topological polar surface area (TPSA) is 9.86 Å². The van der Waals surface area contributed by atoms with Crippen molar-refractivity contribution in [1.82, 2.24) is 9.13 Å². The van der Waals surface area contributed by atoms with Crippen LogP contribution in [0.2, 0.25) is 0 Å². The van der Waals surface area contributed by atoms with Crippen molar-refractivity contribution in [3.8, 4) is 0 Å². The highest BCUT2D eigenvalue weighted by atomic mass is 15.0. The maximum Gasteiger partial charge on any atom is 0.0541 e. The first kappa shape index (κ1) is 24.7. The summed E-state index contributed by atoms with van der Waals surface area (Å²) in [4.78, 5) is 0. The standard InChI is InChI=1S/C42H28N2/c1-27(43-37-23-11-7-15-29(37)30-16-8-12-24-38(30)43)41-33-19-3-5-21-35(33)42(36-22-6-4-20-34(36)41)28(2)44-39-25-13-9-17-31(39)32-18-10-14-26-40(32)44/h3-26H,1-2H2. The molecule has 0 amide bonds. The summed E-state index contributed by atoms with van der Waals surface area (Å²) in [6.45, 7) is 9.62. The molecular weight excluding hydrogens is 532 g/mol. The normalized spacial score (nSPS) is 11.8. The molecule has 0 atom stereocenters. The van der Waals surface area contributed by atoms with Gasteiger partial charge < -0.3 is 9.13 Å². The third kappa shape index (κ3) is 3.31. The molecule has 2 nitrogen and oxygen atoms in total. The van der Waals surface area contributed by atoms with E-state index >= 15 is 0 Å². The number of rotatable bonds is 4. The number of benzene rings is 7. The van der Waals surface area contributed by atoms with Gasteiger partial charge in [-0.2, -0.15) is 0 Å². The Morgan fingerprint density at radius 2 is 0.500 bits per heavy atom. The van der Waals surface area contributed by atoms with Gasteiger partial charge in [0.1, 0.15) is 0 Å². The second kappa shape index (κ2) is 9.32. The molecule has 206 valence electrons. The Hall–Kier alpha value is -5.86. The SMILES string of the molecule is C=C(c1c2ccccc2c(C(=C)n2c3ccccc3c3ccccc32)c2ccccc12)n1c2ccccc2c2ccccc21. The maximum atomic E-state index is 4.81. The summed E-state index contributed by atoms with van der Waals surface area (Å²) in [5.41, 5.74) is 8.84. The highest BCUT2D eigenvalue weighted by molar-refractivity contribution is 6.19. The molecule has 0 saturated carbocycles. The quantitative estimate of drug-likeness (QED) is 0.190. The van der Waals surface area contributed by atoms with Gasteiger partial charge in [-0.3, -0.25) is 0 Å². The van der Waals surface area contributed by atoms with Crippen LogP contribution in [0.15, 0.2) is 159 Å². The van der Waals surface area contributed by atoms with Gasteiger partial charge in [0, 0.05) is 44.1 Å². The molecule has 0 bridgehead atoms. The van der Waals surface area contributed by atoms with Crippen molar-refractivity contribution in [2.75, 3.05) is 0 Å². The van der Waals surface area contributed by atoms with E-state index in [1.54, 1.807) is 0 Å². The molecule has 0 unspecified atom stereocenters. The van der Waals surface area contributed by atoms with Crippen LogP contribution in [-0.2, 0) is 0 Å². The molecule has 0 radical (unpaired) electrons. The van der Waals surface area contributed by atoms with Gasteiger partial charge in [-0.1, -0.05) is 134 Å². The first-order chi connectivity index (χ1) is 21.7. The Kier molecular flexibility index (Phi) is 5.24. The molecule has 0 spiro atoms. The van der Waals surface area contributed by atoms with Gasteiger partial charge in [0.05, 0.1) is 22.1 Å². The van der Waals surface area contributed by atoms with Gasteiger partial charge in [0.15, 0.2) is 0 Å². The van der Waals surface area contributed by atoms with Crippen molar-refractivity contribution in [3.63, 3.8) is 0 Å². The lowest BCUT2D eigenvalue weighted by Crippen LogP contribution is -2.04. The summed E-state index contributed by atoms with van der Waals surface area (Å²) in [6, 6.07) is 52.0. The molecule has 0 saturated heterocycles. The first-order valence-corrected chi connectivity index (χ1v) is 15.0. The number of hydrogen-bond donors (Lipinski definition) is 0. The fraction of sp³-hybridized carbons (Fsp3) is 0. The molecule has 0 aliphatic carbocycles. The molecular formula is C42H28N2. The molecule has 9 rings (SSSR count). The minimum Gasteiger partial charge on any atom is -0.309 e. The average Bonchev–Trinajstić information content (AvgIpc) is 3.60. The van der Waals surface area contributed by atoms with E-state index in [0.717, 1.165) is 66.1 Å². The van der Waals surface area contributed by atoms with E-state index in [1.165, 1.54) is 21.5 Å². The molecule has 7 aromatic carbocycles. The molecule has 44 heavy (non-hydrogen) atoms. The zero-order chi connectivity index (χ0) is 29.4. The van der Waals surface area contributed by atoms with E-state index in [-0.39, 0.29) is 0 Å². The summed E-state index contributed by atoms with van der Waals surface area (Å²) in [5, 5.41) is 9.57. The van der Waals surface area contributed by atoms with E-state index < -0.39 is 0 Å². The summed E-state index contributed by atoms with van der Waals surface area (Å²) in [7, 11) is 0. The molecule has 2 heteroatoms. The summed E-state index contributed by atoms with van der Waals surface area (Å²) in [5.74, 6) is 0. The first-order valence-electron chi connectivity index (χ1n) is 15.0. The lowest BCUT2D eigenvalue weighted by atomic mass is 9.89. The van der Waals surface area contributed by atoms with Crippen LogP contribution in [0, 0.1) is 0 Å². The molecule has 2 heterocycles. The molecule has 2 aromatic heterocycles. The molecule has 9 aromatic rings. The number of aromatic nitrogens is 2. The third-order valence-electron chi connectivity index (χ3n) is 9.21. The van der Waals surface area contributed by atoms with Crippen LogP contribution in [-0.4, -0.2) is 9.13 Å². The van der Waals surface area contributed by atoms with Crippen LogP contribution >= 0.6 is 0 Å². The van der Waals surface area contributed by atoms with E-state index in [0.29, 0.717) is 0 Å². The van der Waals surface area contributed by atoms with Gasteiger partial charge in [0.2, 0.25) is 0 Å². The van der Waals surface area contributed by atoms with Crippen LogP contribution in [0.25, 0.3) is 76.6 Å². The smallest absolute Gasteiger partial charge is 0.0541 e. The number of nitrogens with zero attached hydrogens (tertiary/aromatic N) is 2. The number of para-hydroxylation sites is 4. The Labute approximate surface area is 255 Å². The molecule has 0 N–H and O–H groups in total. The van der Waals surface area contributed by atoms with Gasteiger partial charge in [0.25, 0.3) is 0 Å². The van der Waals surface area contributed by atoms with Crippen LogP contribution in [0.4, 0.5) is 0 Å². The Bertz CT molecular complexity index is 2300. The minimum atomic E-state index is 0.962. The van der Waals surface area contributed by atoms with E-state index in [4.69, 9.17) is 13.2 Å². The monoisotopic (exact) mass is 560 g/mol. The third-order valence-corrected chi connectivity index (χ3v) is 9.21. The lowest BCUT2D eigenvalue weighted by Gasteiger charge is -2.22. The minimum absolute atomic E-state index is 0.962. The van der Waals surface area contributed by atoms with Crippen molar-refractivity contribution >= 4 is 76.6 Å². The van der Waals surface area contributed by atoms with Crippen LogP contribution in [0.3, 0.4) is 0 Å². The van der Waals surface area contributed by atoms with Crippen molar-refractivity contribution in [2.45, 2.75) is 0 Å². The van der Waals surface area contributed by atoms with Crippen LogP contribution in [0.1, 0.15) is 11.1 Å². The van der Waals surface area contributed by atoms with Crippen molar-refractivity contribution in [3.05, 3.63) is 170 Å². The Balaban J connectivity index is 1.38. The second-order valence-corrected chi connectivity index (χ2v) is 11.5. The van der Waals surface area contributed by atoms with Crippen molar-refractivity contribution in [1.29, 1.82) is 0 Å². The zero-order valence-electron chi connectivity index (χ0n) is 24.2. The van der Waals surface area contributed by atoms with Crippen molar-refractivity contribution in [2.24, 2.45) is 0 Å². The van der Waals surface area contributed by atoms with Gasteiger partial charge >= 0.3 is 0 Å². The summed E-state index contributed by atoms with van der Waals surface area (Å²) < 4.78 is 4.67. The molecule has 0 fully saturated rings. The Morgan fingerprint density at radius 1 is 0.295 bits per heavy atom. The van der Waals surface area contributed by atoms with Gasteiger partial charge in [-0.25, -0.2) is 0 Å². The van der Waals surface area contributed by atoms with E-state index in [9.17, 15) is 0 Å². The molecule has 0 aliphatic rings. The van der Waals surface area contributed by atoms with Crippen molar-refractivity contribution < 1.29 is 0 Å². The Morgan fingerprint density at radius 3 is 0.750 bits per heavy atom. The fourth-order valence-corrected chi connectivity index (χ4v) is 7.40. The summed E-state index contributed by atoms with van der Waals surface area (Å²) in [6.07, 6.45) is 0. The fourth-order valence-electron chi connectivity index (χ4n) is 7.40. The van der Waals surface area contributed by atoms with Crippen LogP contribution in [0.5, 0.6) is 0 Å². The predicted octanol–water partition coefficient (Wildman–Crippen LogP) is 11.2. The average molecular weight is 561 g/mol. The zero-order valence-corrected chi connectivity index (χ0v) is 24.2. The van der Waals surface area contributed by atoms with Gasteiger partial charge in [-0.15, -0.1) is 0 Å². The number of hydrogen-bond acceptors (Lipinski definition) is 0. The number of fused-ring (bicyclic) bond motifs is 8. The van der Waals surface area contributed by atoms with Crippen LogP contribution < -0.4 is 0 Å². The molecule has 0 aliphatic heterocycles. The predicted molar refractivity (Wildman–Crippen MR) is 189 cm³/mol. The maximum absolute atomic E-state index is 4.81. The highest BCUT2D eigenvalue weighted by Crippen LogP contribution is 2.43.